The maximum Gasteiger partial charge on any atom is 0.268 e. The van der Waals surface area contributed by atoms with Gasteiger partial charge in [0.2, 0.25) is 0 Å². The second-order valence-electron chi connectivity index (χ2n) is 6.05. The van der Waals surface area contributed by atoms with Crippen molar-refractivity contribution in [1.82, 2.24) is 14.9 Å². The number of aromatic nitrogens is 2. The Morgan fingerprint density at radius 1 is 1.19 bits per heavy atom. The van der Waals surface area contributed by atoms with Gasteiger partial charge >= 0.3 is 0 Å². The highest BCUT2D eigenvalue weighted by atomic mass is 79.9. The van der Waals surface area contributed by atoms with Crippen molar-refractivity contribution in [3.8, 4) is 0 Å². The van der Waals surface area contributed by atoms with E-state index in [-0.39, 0.29) is 11.7 Å². The monoisotopic (exact) mass is 443 g/mol. The van der Waals surface area contributed by atoms with Gasteiger partial charge in [-0.25, -0.2) is 4.39 Å². The quantitative estimate of drug-likeness (QED) is 0.472. The molecule has 0 aliphatic rings. The Labute approximate surface area is 167 Å². The first-order valence-electron chi connectivity index (χ1n) is 8.31. The molecule has 4 nitrogen and oxygen atoms in total. The number of nitrogens with zero attached hydrogens (tertiary/aromatic N) is 2. The Balaban J connectivity index is 1.65. The van der Waals surface area contributed by atoms with Crippen molar-refractivity contribution in [3.05, 3.63) is 87.3 Å². The molecule has 0 unspecified atom stereocenters. The van der Waals surface area contributed by atoms with Crippen LogP contribution in [0.25, 0.3) is 10.2 Å². The first-order chi connectivity index (χ1) is 13.1. The van der Waals surface area contributed by atoms with Crippen molar-refractivity contribution >= 4 is 43.4 Å². The van der Waals surface area contributed by atoms with Crippen LogP contribution in [0.15, 0.2) is 64.6 Å². The molecule has 0 spiro atoms. The second-order valence-corrected chi connectivity index (χ2v) is 8.51. The highest BCUT2D eigenvalue weighted by Gasteiger charge is 2.18. The normalized spacial score (nSPS) is 11.0. The van der Waals surface area contributed by atoms with Gasteiger partial charge in [-0.1, -0.05) is 18.2 Å². The zero-order valence-corrected chi connectivity index (χ0v) is 16.6. The Bertz CT molecular complexity index is 1110. The maximum absolute atomic E-state index is 13.6. The van der Waals surface area contributed by atoms with E-state index in [1.54, 1.807) is 23.6 Å². The van der Waals surface area contributed by atoms with E-state index in [2.05, 4.69) is 26.2 Å². The Kier molecular flexibility index (Phi) is 5.05. The highest BCUT2D eigenvalue weighted by Crippen LogP contribution is 2.33. The summed E-state index contributed by atoms with van der Waals surface area (Å²) in [7, 11) is 0. The number of benzene rings is 1. The lowest BCUT2D eigenvalue weighted by atomic mass is 10.2. The second kappa shape index (κ2) is 7.62. The molecule has 1 aromatic carbocycles. The SMILES string of the molecule is O=C(NCc1ccccn1)c1cc2sc(Br)cc2n1Cc1cccc(F)c1. The van der Waals surface area contributed by atoms with Crippen LogP contribution in [-0.2, 0) is 13.1 Å². The molecule has 0 fully saturated rings. The molecule has 0 bridgehead atoms. The van der Waals surface area contributed by atoms with Gasteiger partial charge < -0.3 is 9.88 Å². The summed E-state index contributed by atoms with van der Waals surface area (Å²) in [4.78, 5) is 17.0. The van der Waals surface area contributed by atoms with Crippen LogP contribution in [0.3, 0.4) is 0 Å². The first-order valence-corrected chi connectivity index (χ1v) is 9.92. The largest absolute Gasteiger partial charge is 0.345 e. The molecule has 7 heteroatoms. The van der Waals surface area contributed by atoms with Gasteiger partial charge in [0.1, 0.15) is 11.5 Å². The molecule has 3 heterocycles. The van der Waals surface area contributed by atoms with Gasteiger partial charge in [0, 0.05) is 12.7 Å². The van der Waals surface area contributed by atoms with Crippen LogP contribution in [0, 0.1) is 5.82 Å². The minimum Gasteiger partial charge on any atom is -0.345 e. The van der Waals surface area contributed by atoms with Crippen LogP contribution in [0.5, 0.6) is 0 Å². The number of pyridine rings is 1. The lowest BCUT2D eigenvalue weighted by molar-refractivity contribution is 0.0942. The zero-order chi connectivity index (χ0) is 18.8. The Morgan fingerprint density at radius 2 is 2.07 bits per heavy atom. The minimum atomic E-state index is -0.288. The fourth-order valence-electron chi connectivity index (χ4n) is 2.95. The van der Waals surface area contributed by atoms with Gasteiger partial charge in [-0.05, 0) is 57.9 Å². The first kappa shape index (κ1) is 17.9. The van der Waals surface area contributed by atoms with E-state index in [1.165, 1.54) is 12.1 Å². The Morgan fingerprint density at radius 3 is 2.85 bits per heavy atom. The van der Waals surface area contributed by atoms with Crippen LogP contribution >= 0.6 is 27.3 Å². The van der Waals surface area contributed by atoms with Gasteiger partial charge in [-0.15, -0.1) is 11.3 Å². The molecule has 136 valence electrons. The third-order valence-electron chi connectivity index (χ3n) is 4.18. The summed E-state index contributed by atoms with van der Waals surface area (Å²) in [5.74, 6) is -0.472. The van der Waals surface area contributed by atoms with Crippen molar-refractivity contribution in [2.75, 3.05) is 0 Å². The summed E-state index contributed by atoms with van der Waals surface area (Å²) in [5.41, 5.74) is 3.08. The predicted octanol–water partition coefficient (Wildman–Crippen LogP) is 4.98. The van der Waals surface area contributed by atoms with Crippen molar-refractivity contribution in [2.24, 2.45) is 0 Å². The molecule has 4 rings (SSSR count). The summed E-state index contributed by atoms with van der Waals surface area (Å²) in [6.45, 7) is 0.763. The van der Waals surface area contributed by atoms with Crippen molar-refractivity contribution in [1.29, 1.82) is 0 Å². The molecular weight excluding hydrogens is 429 g/mol. The molecule has 0 saturated carbocycles. The van der Waals surface area contributed by atoms with E-state index in [4.69, 9.17) is 0 Å². The fraction of sp³-hybridized carbons (Fsp3) is 0.100. The summed E-state index contributed by atoms with van der Waals surface area (Å²) in [6, 6.07) is 15.9. The van der Waals surface area contributed by atoms with E-state index in [0.29, 0.717) is 18.8 Å². The van der Waals surface area contributed by atoms with Gasteiger partial charge in [-0.2, -0.15) is 0 Å². The third kappa shape index (κ3) is 3.94. The molecule has 0 radical (unpaired) electrons. The lowest BCUT2D eigenvalue weighted by Crippen LogP contribution is -2.26. The summed E-state index contributed by atoms with van der Waals surface area (Å²) < 4.78 is 17.5. The average molecular weight is 444 g/mol. The number of carbonyl (C=O) groups is 1. The van der Waals surface area contributed by atoms with E-state index in [1.807, 2.05) is 41.0 Å². The highest BCUT2D eigenvalue weighted by molar-refractivity contribution is 9.11. The zero-order valence-electron chi connectivity index (χ0n) is 14.2. The number of amides is 1. The molecule has 3 aromatic heterocycles. The molecule has 4 aromatic rings. The van der Waals surface area contributed by atoms with Crippen molar-refractivity contribution < 1.29 is 9.18 Å². The van der Waals surface area contributed by atoms with E-state index in [0.717, 1.165) is 25.3 Å². The molecule has 1 N–H and O–H groups in total. The van der Waals surface area contributed by atoms with Gasteiger partial charge in [0.15, 0.2) is 0 Å². The van der Waals surface area contributed by atoms with Gasteiger partial charge in [0.05, 0.1) is 26.2 Å². The van der Waals surface area contributed by atoms with Crippen LogP contribution in [-0.4, -0.2) is 15.5 Å². The molecule has 0 atom stereocenters. The van der Waals surface area contributed by atoms with Crippen LogP contribution in [0.4, 0.5) is 4.39 Å². The molecule has 0 aliphatic heterocycles. The average Bonchev–Trinajstić information content (AvgIpc) is 3.18. The predicted molar refractivity (Wildman–Crippen MR) is 108 cm³/mol. The van der Waals surface area contributed by atoms with E-state index < -0.39 is 0 Å². The van der Waals surface area contributed by atoms with Crippen molar-refractivity contribution in [3.63, 3.8) is 0 Å². The van der Waals surface area contributed by atoms with Crippen LogP contribution in [0.2, 0.25) is 0 Å². The van der Waals surface area contributed by atoms with E-state index >= 15 is 0 Å². The van der Waals surface area contributed by atoms with Gasteiger partial charge in [-0.3, -0.25) is 9.78 Å². The van der Waals surface area contributed by atoms with Crippen LogP contribution in [0.1, 0.15) is 21.7 Å². The number of fused-ring (bicyclic) bond motifs is 1. The van der Waals surface area contributed by atoms with Gasteiger partial charge in [0.25, 0.3) is 5.91 Å². The summed E-state index contributed by atoms with van der Waals surface area (Å²) in [5, 5.41) is 2.91. The number of carbonyl (C=O) groups excluding carboxylic acids is 1. The standard InChI is InChI=1S/C20H15BrFN3OS/c21-19-10-16-18(27-19)9-17(20(26)24-11-15-6-1-2-7-23-15)25(16)12-13-4-3-5-14(22)8-13/h1-10H,11-12H2,(H,24,26). The van der Waals surface area contributed by atoms with E-state index in [9.17, 15) is 9.18 Å². The number of hydrogen-bond acceptors (Lipinski definition) is 3. The molecule has 0 aliphatic carbocycles. The Hall–Kier alpha value is -2.51. The number of hydrogen-bond donors (Lipinski definition) is 1. The fourth-order valence-corrected chi connectivity index (χ4v) is 4.52. The number of halogens is 2. The molecular formula is C20H15BrFN3OS. The third-order valence-corrected chi connectivity index (χ3v) is 5.75. The number of rotatable bonds is 5. The smallest absolute Gasteiger partial charge is 0.268 e. The molecule has 0 saturated heterocycles. The molecule has 27 heavy (non-hydrogen) atoms. The number of nitrogens with one attached hydrogen (secondary N) is 1. The lowest BCUT2D eigenvalue weighted by Gasteiger charge is -2.11. The molecule has 1 amide bonds. The maximum atomic E-state index is 13.6. The minimum absolute atomic E-state index is 0.184. The van der Waals surface area contributed by atoms with Crippen LogP contribution < -0.4 is 5.32 Å². The van der Waals surface area contributed by atoms with Crippen molar-refractivity contribution in [2.45, 2.75) is 13.1 Å². The summed E-state index contributed by atoms with van der Waals surface area (Å²) in [6.07, 6.45) is 1.70. The number of thiophene rings is 1. The summed E-state index contributed by atoms with van der Waals surface area (Å²) >= 11 is 5.06. The topological polar surface area (TPSA) is 46.9 Å².